The Hall–Kier alpha value is -0.910. The zero-order valence-corrected chi connectivity index (χ0v) is 13.6. The van der Waals surface area contributed by atoms with Crippen molar-refractivity contribution in [2.45, 2.75) is 30.7 Å². The van der Waals surface area contributed by atoms with Crippen LogP contribution in [-0.2, 0) is 14.9 Å². The average Bonchev–Trinajstić information content (AvgIpc) is 3.28. The first kappa shape index (κ1) is 15.0. The SMILES string of the molecule is O=C(CC1COCCN1)NCC1(c2ccccc2Br)CC1. The first-order chi connectivity index (χ1) is 10.2. The van der Waals surface area contributed by atoms with Gasteiger partial charge in [-0.05, 0) is 24.5 Å². The lowest BCUT2D eigenvalue weighted by Crippen LogP contribution is -2.45. The average molecular weight is 353 g/mol. The van der Waals surface area contributed by atoms with E-state index in [4.69, 9.17) is 4.74 Å². The van der Waals surface area contributed by atoms with Crippen LogP contribution in [0, 0.1) is 0 Å². The van der Waals surface area contributed by atoms with Crippen molar-refractivity contribution in [3.8, 4) is 0 Å². The van der Waals surface area contributed by atoms with Crippen LogP contribution in [-0.4, -0.2) is 38.3 Å². The maximum atomic E-state index is 12.1. The Bertz CT molecular complexity index is 511. The van der Waals surface area contributed by atoms with E-state index >= 15 is 0 Å². The van der Waals surface area contributed by atoms with Gasteiger partial charge in [0.05, 0.1) is 13.2 Å². The fourth-order valence-electron chi connectivity index (χ4n) is 2.90. The van der Waals surface area contributed by atoms with Crippen LogP contribution in [0.2, 0.25) is 0 Å². The summed E-state index contributed by atoms with van der Waals surface area (Å²) < 4.78 is 6.52. The Morgan fingerprint density at radius 2 is 2.24 bits per heavy atom. The number of carbonyl (C=O) groups excluding carboxylic acids is 1. The number of ether oxygens (including phenoxy) is 1. The highest BCUT2D eigenvalue weighted by atomic mass is 79.9. The van der Waals surface area contributed by atoms with Gasteiger partial charge in [0.1, 0.15) is 0 Å². The molecule has 1 saturated heterocycles. The molecule has 4 nitrogen and oxygen atoms in total. The zero-order valence-electron chi connectivity index (χ0n) is 12.0. The second-order valence-corrected chi connectivity index (χ2v) is 6.82. The van der Waals surface area contributed by atoms with Crippen LogP contribution in [0.5, 0.6) is 0 Å². The van der Waals surface area contributed by atoms with Crippen molar-refractivity contribution in [3.05, 3.63) is 34.3 Å². The quantitative estimate of drug-likeness (QED) is 0.851. The van der Waals surface area contributed by atoms with Gasteiger partial charge in [0.2, 0.25) is 5.91 Å². The lowest BCUT2D eigenvalue weighted by molar-refractivity contribution is -0.122. The van der Waals surface area contributed by atoms with Gasteiger partial charge in [-0.1, -0.05) is 34.1 Å². The van der Waals surface area contributed by atoms with Crippen molar-refractivity contribution in [1.82, 2.24) is 10.6 Å². The minimum Gasteiger partial charge on any atom is -0.378 e. The monoisotopic (exact) mass is 352 g/mol. The maximum Gasteiger partial charge on any atom is 0.221 e. The third-order valence-corrected chi connectivity index (χ3v) is 5.04. The third-order valence-electron chi connectivity index (χ3n) is 4.35. The van der Waals surface area contributed by atoms with E-state index in [0.29, 0.717) is 13.0 Å². The summed E-state index contributed by atoms with van der Waals surface area (Å²) in [5.41, 5.74) is 1.44. The molecule has 1 aromatic rings. The summed E-state index contributed by atoms with van der Waals surface area (Å²) in [4.78, 5) is 12.1. The van der Waals surface area contributed by atoms with Crippen LogP contribution in [0.4, 0.5) is 0 Å². The predicted octanol–water partition coefficient (Wildman–Crippen LogP) is 1.98. The van der Waals surface area contributed by atoms with Gasteiger partial charge < -0.3 is 15.4 Å². The van der Waals surface area contributed by atoms with Crippen LogP contribution in [0.25, 0.3) is 0 Å². The Labute approximate surface area is 133 Å². The molecule has 3 rings (SSSR count). The number of morpholine rings is 1. The molecule has 1 aliphatic heterocycles. The number of benzene rings is 1. The summed E-state index contributed by atoms with van der Waals surface area (Å²) in [5, 5.41) is 6.41. The van der Waals surface area contributed by atoms with E-state index in [1.807, 2.05) is 6.07 Å². The van der Waals surface area contributed by atoms with Crippen molar-refractivity contribution in [2.24, 2.45) is 0 Å². The number of hydrogen-bond donors (Lipinski definition) is 2. The molecule has 21 heavy (non-hydrogen) atoms. The third kappa shape index (κ3) is 3.65. The molecule has 0 aromatic heterocycles. The van der Waals surface area contributed by atoms with E-state index < -0.39 is 0 Å². The number of rotatable bonds is 5. The first-order valence-corrected chi connectivity index (χ1v) is 8.32. The normalized spacial score (nSPS) is 23.6. The molecule has 114 valence electrons. The molecule has 0 radical (unpaired) electrons. The summed E-state index contributed by atoms with van der Waals surface area (Å²) in [5.74, 6) is 0.108. The summed E-state index contributed by atoms with van der Waals surface area (Å²) in [6.07, 6.45) is 2.77. The summed E-state index contributed by atoms with van der Waals surface area (Å²) in [6.45, 7) is 2.92. The summed E-state index contributed by atoms with van der Waals surface area (Å²) >= 11 is 3.62. The molecule has 1 aromatic carbocycles. The minimum atomic E-state index is 0.108. The van der Waals surface area contributed by atoms with E-state index in [1.54, 1.807) is 0 Å². The van der Waals surface area contributed by atoms with Crippen molar-refractivity contribution in [1.29, 1.82) is 0 Å². The van der Waals surface area contributed by atoms with Gasteiger partial charge in [0.15, 0.2) is 0 Å². The summed E-state index contributed by atoms with van der Waals surface area (Å²) in [6, 6.07) is 8.46. The van der Waals surface area contributed by atoms with Crippen molar-refractivity contribution < 1.29 is 9.53 Å². The van der Waals surface area contributed by atoms with Gasteiger partial charge in [-0.15, -0.1) is 0 Å². The first-order valence-electron chi connectivity index (χ1n) is 7.52. The van der Waals surface area contributed by atoms with Crippen molar-refractivity contribution in [2.75, 3.05) is 26.3 Å². The van der Waals surface area contributed by atoms with E-state index in [1.165, 1.54) is 5.56 Å². The molecule has 1 aliphatic carbocycles. The van der Waals surface area contributed by atoms with Crippen LogP contribution in [0.1, 0.15) is 24.8 Å². The van der Waals surface area contributed by atoms with E-state index in [-0.39, 0.29) is 17.4 Å². The van der Waals surface area contributed by atoms with Crippen molar-refractivity contribution in [3.63, 3.8) is 0 Å². The van der Waals surface area contributed by atoms with Crippen LogP contribution < -0.4 is 10.6 Å². The molecule has 0 spiro atoms. The van der Waals surface area contributed by atoms with Gasteiger partial charge in [-0.25, -0.2) is 0 Å². The molecule has 1 unspecified atom stereocenters. The molecule has 2 aliphatic rings. The van der Waals surface area contributed by atoms with E-state index in [0.717, 1.165) is 37.0 Å². The molecular formula is C16H21BrN2O2. The fourth-order valence-corrected chi connectivity index (χ4v) is 3.60. The summed E-state index contributed by atoms with van der Waals surface area (Å²) in [7, 11) is 0. The van der Waals surface area contributed by atoms with Crippen LogP contribution >= 0.6 is 15.9 Å². The Balaban J connectivity index is 1.52. The molecule has 5 heteroatoms. The molecule has 2 fully saturated rings. The van der Waals surface area contributed by atoms with Gasteiger partial charge in [-0.2, -0.15) is 0 Å². The molecule has 1 saturated carbocycles. The second kappa shape index (κ2) is 6.46. The standard InChI is InChI=1S/C16H21BrN2O2/c17-14-4-2-1-3-13(14)16(5-6-16)11-19-15(20)9-12-10-21-8-7-18-12/h1-4,12,18H,5-11H2,(H,19,20). The number of hydrogen-bond acceptors (Lipinski definition) is 3. The van der Waals surface area contributed by atoms with E-state index in [2.05, 4.69) is 44.8 Å². The smallest absolute Gasteiger partial charge is 0.221 e. The Morgan fingerprint density at radius 3 is 2.90 bits per heavy atom. The fraction of sp³-hybridized carbons (Fsp3) is 0.562. The molecule has 1 atom stereocenters. The Kier molecular flexibility index (Phi) is 4.62. The topological polar surface area (TPSA) is 50.4 Å². The van der Waals surface area contributed by atoms with Gasteiger partial charge in [-0.3, -0.25) is 4.79 Å². The second-order valence-electron chi connectivity index (χ2n) is 5.97. The van der Waals surface area contributed by atoms with E-state index in [9.17, 15) is 4.79 Å². The molecule has 1 heterocycles. The van der Waals surface area contributed by atoms with Gasteiger partial charge >= 0.3 is 0 Å². The number of amides is 1. The number of carbonyl (C=O) groups is 1. The van der Waals surface area contributed by atoms with Crippen LogP contribution in [0.15, 0.2) is 28.7 Å². The van der Waals surface area contributed by atoms with Crippen molar-refractivity contribution >= 4 is 21.8 Å². The molecule has 1 amide bonds. The Morgan fingerprint density at radius 1 is 1.43 bits per heavy atom. The highest BCUT2D eigenvalue weighted by Crippen LogP contribution is 2.49. The molecular weight excluding hydrogens is 332 g/mol. The van der Waals surface area contributed by atoms with Crippen LogP contribution in [0.3, 0.4) is 0 Å². The maximum absolute atomic E-state index is 12.1. The molecule has 2 N–H and O–H groups in total. The largest absolute Gasteiger partial charge is 0.378 e. The lowest BCUT2D eigenvalue weighted by atomic mass is 9.96. The minimum absolute atomic E-state index is 0.108. The highest BCUT2D eigenvalue weighted by molar-refractivity contribution is 9.10. The highest BCUT2D eigenvalue weighted by Gasteiger charge is 2.45. The van der Waals surface area contributed by atoms with Gasteiger partial charge in [0, 0.05) is 35.4 Å². The number of halogens is 1. The molecule has 0 bridgehead atoms. The lowest BCUT2D eigenvalue weighted by Gasteiger charge is -2.24. The zero-order chi connectivity index (χ0) is 14.7. The predicted molar refractivity (Wildman–Crippen MR) is 85.3 cm³/mol. The number of nitrogens with one attached hydrogen (secondary N) is 2. The van der Waals surface area contributed by atoms with Gasteiger partial charge in [0.25, 0.3) is 0 Å².